The molecule has 0 unspecified atom stereocenters. The number of nitrogens with one attached hydrogen (secondary N) is 4. The van der Waals surface area contributed by atoms with Gasteiger partial charge in [0.05, 0.1) is 41.1 Å². The third-order valence-electron chi connectivity index (χ3n) is 16.1. The number of carbonyl (C=O) groups is 6. The van der Waals surface area contributed by atoms with Gasteiger partial charge in [0.25, 0.3) is 5.56 Å². The van der Waals surface area contributed by atoms with Crippen LogP contribution in [0.25, 0.3) is 33.4 Å². The van der Waals surface area contributed by atoms with Crippen molar-refractivity contribution in [2.24, 2.45) is 17.4 Å². The van der Waals surface area contributed by atoms with E-state index in [0.29, 0.717) is 68.5 Å². The number of urea groups is 1. The van der Waals surface area contributed by atoms with Crippen LogP contribution in [0.2, 0.25) is 0 Å². The minimum absolute atomic E-state index is 0.0319. The molecule has 21 heteroatoms. The number of fused-ring (bicyclic) bond motifs is 8. The summed E-state index contributed by atoms with van der Waals surface area (Å²) in [6.07, 6.45) is -1.09. The Morgan fingerprint density at radius 1 is 0.951 bits per heavy atom. The molecule has 0 radical (unpaired) electrons. The molecule has 81 heavy (non-hydrogen) atoms. The van der Waals surface area contributed by atoms with Gasteiger partial charge in [0.1, 0.15) is 25.1 Å². The molecular formula is C60H64FN9O11. The molecule has 20 nitrogen and oxygen atoms in total. The van der Waals surface area contributed by atoms with Crippen LogP contribution in [0.3, 0.4) is 0 Å². The Balaban J connectivity index is 0.942. The Bertz CT molecular complexity index is 3600. The zero-order valence-corrected chi connectivity index (χ0v) is 45.6. The van der Waals surface area contributed by atoms with Crippen LogP contribution in [-0.2, 0) is 66.9 Å². The minimum Gasteiger partial charge on any atom is -0.458 e. The summed E-state index contributed by atoms with van der Waals surface area (Å²) in [4.78, 5) is 101. The average molecular weight is 1110 g/mol. The lowest BCUT2D eigenvalue weighted by atomic mass is 9.81. The number of primary amides is 1. The quantitative estimate of drug-likeness (QED) is 0.0274. The number of pyridine rings is 2. The Kier molecular flexibility index (Phi) is 15.4. The van der Waals surface area contributed by atoms with Gasteiger partial charge in [0.15, 0.2) is 11.7 Å². The van der Waals surface area contributed by atoms with Gasteiger partial charge in [-0.15, -0.1) is 0 Å². The number of halogens is 1. The van der Waals surface area contributed by atoms with Crippen molar-refractivity contribution in [3.05, 3.63) is 151 Å². The second kappa shape index (κ2) is 22.4. The summed E-state index contributed by atoms with van der Waals surface area (Å²) in [7, 11) is 0. The maximum absolute atomic E-state index is 15.7. The SMILES string of the molecule is CCN(Cc1cc(NC(=O)[C@H](CCCNC(N)=O)NC(=O)[C@@H](N)C(C)C)ccc1COC(=O)N[C@H]1CCc2c(C)c(F)cc3nc4c(c1c23)Cn1c-4cc2c(c1=O)COC(=O)[C@]2(O)CC)C(=O)OC1c2ccccc2-c2ccccc21. The lowest BCUT2D eigenvalue weighted by molar-refractivity contribution is -0.172. The zero-order chi connectivity index (χ0) is 57.6. The maximum atomic E-state index is 15.7. The van der Waals surface area contributed by atoms with E-state index in [1.165, 1.54) is 15.5 Å². The normalized spacial score (nSPS) is 17.1. The topological polar surface area (TPSA) is 289 Å². The van der Waals surface area contributed by atoms with Crippen molar-refractivity contribution >= 4 is 52.6 Å². The molecule has 10 rings (SSSR count). The Hall–Kier alpha value is -8.69. The number of esters is 1. The molecule has 9 N–H and O–H groups in total. The minimum atomic E-state index is -2.07. The van der Waals surface area contributed by atoms with Crippen molar-refractivity contribution in [2.75, 3.05) is 18.4 Å². The average Bonchev–Trinajstić information content (AvgIpc) is 2.67. The van der Waals surface area contributed by atoms with Crippen molar-refractivity contribution in [1.29, 1.82) is 0 Å². The van der Waals surface area contributed by atoms with E-state index < -0.39 is 77.2 Å². The van der Waals surface area contributed by atoms with Crippen molar-refractivity contribution in [1.82, 2.24) is 30.4 Å². The molecule has 4 heterocycles. The Morgan fingerprint density at radius 3 is 2.35 bits per heavy atom. The van der Waals surface area contributed by atoms with E-state index in [4.69, 9.17) is 30.7 Å². The second-order valence-electron chi connectivity index (χ2n) is 21.3. The van der Waals surface area contributed by atoms with E-state index >= 15 is 4.39 Å². The number of alkyl carbamates (subject to hydrolysis) is 1. The number of rotatable bonds is 17. The lowest BCUT2D eigenvalue weighted by Gasteiger charge is -2.31. The number of aliphatic hydroxyl groups is 1. The van der Waals surface area contributed by atoms with Gasteiger partial charge in [-0.25, -0.2) is 28.6 Å². The van der Waals surface area contributed by atoms with Gasteiger partial charge in [0, 0.05) is 59.0 Å². The third-order valence-corrected chi connectivity index (χ3v) is 16.1. The van der Waals surface area contributed by atoms with E-state index in [1.807, 2.05) is 48.5 Å². The molecule has 0 bridgehead atoms. The number of aromatic nitrogens is 2. The summed E-state index contributed by atoms with van der Waals surface area (Å²) >= 11 is 0. The predicted molar refractivity (Wildman–Crippen MR) is 297 cm³/mol. The fourth-order valence-electron chi connectivity index (χ4n) is 11.5. The molecule has 0 saturated carbocycles. The highest BCUT2D eigenvalue weighted by molar-refractivity contribution is 5.98. The molecule has 0 saturated heterocycles. The first-order valence-electron chi connectivity index (χ1n) is 27.2. The molecule has 6 amide bonds. The molecule has 2 aliphatic carbocycles. The number of anilines is 1. The van der Waals surface area contributed by atoms with Crippen molar-refractivity contribution in [2.45, 2.75) is 123 Å². The second-order valence-corrected chi connectivity index (χ2v) is 21.3. The van der Waals surface area contributed by atoms with E-state index in [1.54, 1.807) is 58.9 Å². The standard InChI is InChI=1S/C60H64FN9O11/c1-6-60(78)42-24-47-51-40(27-70(47)55(73)41(42)29-79-56(60)74)49-44(21-20-35-31(5)43(61)25-46(66-51)48(35)49)68-58(76)80-28-32-18-19-34(65-53(71)45(17-12-22-64-57(63)75)67-54(72)50(62)30(3)4)23-33(32)26-69(7-2)59(77)81-52-38-15-10-8-13-36(38)37-14-9-11-16-39(37)52/h8-11,13-16,18-19,23-25,30,44-45,50,52,78H,6-7,12,17,20-22,26-29,62H2,1-5H3,(H,65,71)(H,67,72)(H,68,76)(H3,63,64,75)/t44-,45-,50-,60-/m0/s1. The molecule has 422 valence electrons. The summed E-state index contributed by atoms with van der Waals surface area (Å²) < 4.78 is 34.8. The molecule has 0 spiro atoms. The molecule has 4 atom stereocenters. The number of nitrogens with two attached hydrogens (primary N) is 2. The third kappa shape index (κ3) is 10.4. The fraction of sp³-hybridized carbons (Fsp3) is 0.367. The smallest absolute Gasteiger partial charge is 0.411 e. The maximum Gasteiger partial charge on any atom is 0.411 e. The first-order valence-corrected chi connectivity index (χ1v) is 27.2. The van der Waals surface area contributed by atoms with Crippen molar-refractivity contribution in [3.63, 3.8) is 0 Å². The highest BCUT2D eigenvalue weighted by atomic mass is 19.1. The van der Waals surface area contributed by atoms with Gasteiger partial charge < -0.3 is 61.5 Å². The number of aryl methyl sites for hydroxylation is 1. The fourth-order valence-corrected chi connectivity index (χ4v) is 11.5. The number of hydrogen-bond acceptors (Lipinski definition) is 13. The number of benzene rings is 4. The summed E-state index contributed by atoms with van der Waals surface area (Å²) in [6.45, 7) is 8.32. The van der Waals surface area contributed by atoms with Crippen LogP contribution in [0.1, 0.15) is 121 Å². The van der Waals surface area contributed by atoms with Crippen LogP contribution in [0.4, 0.5) is 24.5 Å². The number of amides is 6. The van der Waals surface area contributed by atoms with Crippen LogP contribution in [0.5, 0.6) is 0 Å². The lowest BCUT2D eigenvalue weighted by Crippen LogP contribution is -2.51. The largest absolute Gasteiger partial charge is 0.458 e. The van der Waals surface area contributed by atoms with Crippen molar-refractivity contribution < 1.29 is 52.5 Å². The molecule has 0 fully saturated rings. The van der Waals surface area contributed by atoms with Gasteiger partial charge in [-0.05, 0) is 109 Å². The summed E-state index contributed by atoms with van der Waals surface area (Å²) in [5.41, 5.74) is 17.3. The first-order chi connectivity index (χ1) is 38.8. The van der Waals surface area contributed by atoms with Crippen LogP contribution < -0.4 is 38.3 Å². The van der Waals surface area contributed by atoms with Crippen LogP contribution in [-0.4, -0.2) is 80.7 Å². The van der Waals surface area contributed by atoms with Crippen molar-refractivity contribution in [3.8, 4) is 22.5 Å². The summed E-state index contributed by atoms with van der Waals surface area (Å²) in [6, 6.07) is 19.8. The molecule has 2 aromatic heterocycles. The highest BCUT2D eigenvalue weighted by Gasteiger charge is 2.46. The molecule has 6 aromatic rings. The Labute approximate surface area is 465 Å². The van der Waals surface area contributed by atoms with E-state index in [2.05, 4.69) is 21.3 Å². The monoisotopic (exact) mass is 1110 g/mol. The molecule has 2 aliphatic heterocycles. The summed E-state index contributed by atoms with van der Waals surface area (Å²) in [5, 5.41) is 23.3. The molecular weight excluding hydrogens is 1040 g/mol. The van der Waals surface area contributed by atoms with Gasteiger partial charge >= 0.3 is 24.2 Å². The van der Waals surface area contributed by atoms with E-state index in [-0.39, 0.29) is 81.4 Å². The van der Waals surface area contributed by atoms with Gasteiger partial charge in [-0.1, -0.05) is 75.4 Å². The van der Waals surface area contributed by atoms with Gasteiger partial charge in [-0.3, -0.25) is 14.4 Å². The van der Waals surface area contributed by atoms with E-state index in [9.17, 15) is 38.7 Å². The molecule has 4 aliphatic rings. The number of carbonyl (C=O) groups excluding carboxylic acids is 6. The van der Waals surface area contributed by atoms with Crippen LogP contribution >= 0.6 is 0 Å². The predicted octanol–water partition coefficient (Wildman–Crippen LogP) is 7.02. The highest BCUT2D eigenvalue weighted by Crippen LogP contribution is 2.47. The number of nitrogens with zero attached hydrogens (tertiary/aromatic N) is 3. The summed E-state index contributed by atoms with van der Waals surface area (Å²) in [5.74, 6) is -2.69. The van der Waals surface area contributed by atoms with Gasteiger partial charge in [0.2, 0.25) is 11.8 Å². The number of ether oxygens (including phenoxy) is 3. The molecule has 4 aromatic carbocycles. The van der Waals surface area contributed by atoms with Crippen LogP contribution in [0.15, 0.2) is 83.7 Å². The number of cyclic esters (lactones) is 1. The number of hydrogen-bond donors (Lipinski definition) is 7. The van der Waals surface area contributed by atoms with Crippen LogP contribution in [0, 0.1) is 18.7 Å². The van der Waals surface area contributed by atoms with Gasteiger partial charge in [-0.2, -0.15) is 0 Å². The first kappa shape index (κ1) is 55.6. The zero-order valence-electron chi connectivity index (χ0n) is 45.6. The van der Waals surface area contributed by atoms with E-state index in [0.717, 1.165) is 22.3 Å². The Morgan fingerprint density at radius 2 is 1.67 bits per heavy atom.